The third kappa shape index (κ3) is 3.36. The Kier molecular flexibility index (Phi) is 4.42. The molecule has 3 heteroatoms. The Bertz CT molecular complexity index is 570. The van der Waals surface area contributed by atoms with E-state index in [1.165, 1.54) is 15.6 Å². The molecule has 0 aromatic heterocycles. The second kappa shape index (κ2) is 6.46. The van der Waals surface area contributed by atoms with Crippen molar-refractivity contribution in [2.45, 2.75) is 6.04 Å². The van der Waals surface area contributed by atoms with E-state index in [2.05, 4.69) is 99.6 Å². The molecule has 0 amide bonds. The molecule has 2 nitrogen and oxygen atoms in total. The molecule has 0 unspecified atom stereocenters. The second-order valence-electron chi connectivity index (χ2n) is 5.47. The average Bonchev–Trinajstić information content (AvgIpc) is 2.49. The summed E-state index contributed by atoms with van der Waals surface area (Å²) in [5.74, 6) is 0. The van der Waals surface area contributed by atoms with Gasteiger partial charge in [-0.3, -0.25) is 4.90 Å². The monoisotopic (exact) mass is 342 g/mol. The van der Waals surface area contributed by atoms with Crippen LogP contribution in [0.5, 0.6) is 0 Å². The fraction of sp³-hybridized carbons (Fsp3) is 0.222. The van der Waals surface area contributed by atoms with Gasteiger partial charge in [0.1, 0.15) is 0 Å². The maximum absolute atomic E-state index is 3.66. The van der Waals surface area contributed by atoms with E-state index in [9.17, 15) is 0 Å². The Labute approximate surface area is 134 Å². The minimum absolute atomic E-state index is 0.239. The van der Waals surface area contributed by atoms with Crippen molar-refractivity contribution in [1.82, 2.24) is 9.80 Å². The molecule has 1 aliphatic rings. The Morgan fingerprint density at radius 1 is 0.905 bits per heavy atom. The van der Waals surface area contributed by atoms with Gasteiger partial charge < -0.3 is 4.90 Å². The van der Waals surface area contributed by atoms with Crippen molar-refractivity contribution in [1.29, 1.82) is 0 Å². The molecule has 3 rings (SSSR count). The first-order valence-corrected chi connectivity index (χ1v) is 7.94. The number of hydrogen-bond donors (Lipinski definition) is 0. The lowest BCUT2D eigenvalue weighted by molar-refractivity contribution is 0.171. The highest BCUT2D eigenvalue weighted by Gasteiger charge is 2.24. The average molecular weight is 343 g/mol. The summed E-state index contributed by atoms with van der Waals surface area (Å²) in [5.41, 5.74) is 2.63. The van der Waals surface area contributed by atoms with Crippen molar-refractivity contribution in [3.8, 4) is 0 Å². The van der Waals surface area contributed by atoms with Crippen LogP contribution in [0.4, 0.5) is 0 Å². The standard InChI is InChI=1S/C18H19BrN2/c1-20-12-17(19)13-21(14-20)18(15-8-4-2-5-9-15)16-10-6-3-7-11-16/h2-11,13,18H,12,14H2,1H3. The van der Waals surface area contributed by atoms with E-state index in [0.717, 1.165) is 13.2 Å². The van der Waals surface area contributed by atoms with Crippen LogP contribution in [0, 0.1) is 0 Å². The number of hydrogen-bond acceptors (Lipinski definition) is 2. The van der Waals surface area contributed by atoms with Crippen LogP contribution >= 0.6 is 15.9 Å². The van der Waals surface area contributed by atoms with E-state index in [0.29, 0.717) is 0 Å². The van der Waals surface area contributed by atoms with Gasteiger partial charge in [0.25, 0.3) is 0 Å². The van der Waals surface area contributed by atoms with Gasteiger partial charge in [-0.15, -0.1) is 0 Å². The predicted molar refractivity (Wildman–Crippen MR) is 91.1 cm³/mol. The zero-order valence-corrected chi connectivity index (χ0v) is 13.7. The Hall–Kier alpha value is -1.58. The van der Waals surface area contributed by atoms with Gasteiger partial charge in [-0.05, 0) is 18.2 Å². The molecule has 1 aliphatic heterocycles. The highest BCUT2D eigenvalue weighted by atomic mass is 79.9. The zero-order valence-electron chi connectivity index (χ0n) is 12.1. The van der Waals surface area contributed by atoms with Gasteiger partial charge in [-0.1, -0.05) is 76.6 Å². The van der Waals surface area contributed by atoms with Gasteiger partial charge in [0.05, 0.1) is 12.7 Å². The van der Waals surface area contributed by atoms with Crippen LogP contribution in [0.2, 0.25) is 0 Å². The Morgan fingerprint density at radius 2 is 1.43 bits per heavy atom. The van der Waals surface area contributed by atoms with Crippen LogP contribution in [-0.4, -0.2) is 30.1 Å². The minimum Gasteiger partial charge on any atom is -0.353 e. The van der Waals surface area contributed by atoms with E-state index >= 15 is 0 Å². The molecular weight excluding hydrogens is 324 g/mol. The number of halogens is 1. The van der Waals surface area contributed by atoms with Gasteiger partial charge in [0.2, 0.25) is 0 Å². The molecule has 0 radical (unpaired) electrons. The first-order valence-electron chi connectivity index (χ1n) is 7.14. The summed E-state index contributed by atoms with van der Waals surface area (Å²) in [6.45, 7) is 1.89. The van der Waals surface area contributed by atoms with Crippen molar-refractivity contribution >= 4 is 15.9 Å². The fourth-order valence-electron chi connectivity index (χ4n) is 2.85. The molecule has 2 aromatic rings. The molecule has 0 bridgehead atoms. The molecule has 0 atom stereocenters. The van der Waals surface area contributed by atoms with E-state index < -0.39 is 0 Å². The molecular formula is C18H19BrN2. The molecule has 0 N–H and O–H groups in total. The normalized spacial score (nSPS) is 16.1. The molecule has 21 heavy (non-hydrogen) atoms. The van der Waals surface area contributed by atoms with Crippen LogP contribution in [0.1, 0.15) is 17.2 Å². The van der Waals surface area contributed by atoms with Crippen LogP contribution in [0.3, 0.4) is 0 Å². The fourth-order valence-corrected chi connectivity index (χ4v) is 3.54. The van der Waals surface area contributed by atoms with E-state index in [4.69, 9.17) is 0 Å². The van der Waals surface area contributed by atoms with Crippen molar-refractivity contribution < 1.29 is 0 Å². The lowest BCUT2D eigenvalue weighted by Gasteiger charge is -2.38. The number of nitrogens with zero attached hydrogens (tertiary/aromatic N) is 2. The summed E-state index contributed by atoms with van der Waals surface area (Å²) in [7, 11) is 2.15. The number of benzene rings is 2. The number of likely N-dealkylation sites (N-methyl/N-ethyl adjacent to an activating group) is 1. The molecule has 0 spiro atoms. The summed E-state index contributed by atoms with van der Waals surface area (Å²) in [5, 5.41) is 0. The van der Waals surface area contributed by atoms with E-state index in [-0.39, 0.29) is 6.04 Å². The van der Waals surface area contributed by atoms with Crippen molar-refractivity contribution in [3.05, 3.63) is 82.5 Å². The maximum atomic E-state index is 3.66. The molecule has 2 aromatic carbocycles. The zero-order chi connectivity index (χ0) is 14.7. The first-order chi connectivity index (χ1) is 10.2. The van der Waals surface area contributed by atoms with Gasteiger partial charge >= 0.3 is 0 Å². The molecule has 108 valence electrons. The van der Waals surface area contributed by atoms with Gasteiger partial charge in [-0.25, -0.2) is 0 Å². The molecule has 0 saturated heterocycles. The molecule has 0 aliphatic carbocycles. The Balaban J connectivity index is 2.03. The second-order valence-corrected chi connectivity index (χ2v) is 6.49. The minimum atomic E-state index is 0.239. The predicted octanol–water partition coefficient (Wildman–Crippen LogP) is 4.22. The molecule has 1 heterocycles. The van der Waals surface area contributed by atoms with Crippen molar-refractivity contribution in [2.24, 2.45) is 0 Å². The van der Waals surface area contributed by atoms with E-state index in [1.54, 1.807) is 0 Å². The summed E-state index contributed by atoms with van der Waals surface area (Å²) in [6, 6.07) is 21.6. The summed E-state index contributed by atoms with van der Waals surface area (Å²) >= 11 is 3.66. The number of rotatable bonds is 3. The third-order valence-corrected chi connectivity index (χ3v) is 4.15. The lowest BCUT2D eigenvalue weighted by atomic mass is 9.97. The van der Waals surface area contributed by atoms with E-state index in [1.807, 2.05) is 0 Å². The van der Waals surface area contributed by atoms with Gasteiger partial charge in [-0.2, -0.15) is 0 Å². The third-order valence-electron chi connectivity index (χ3n) is 3.69. The molecule has 0 fully saturated rings. The van der Waals surface area contributed by atoms with Crippen molar-refractivity contribution in [3.63, 3.8) is 0 Å². The van der Waals surface area contributed by atoms with Crippen LogP contribution in [0.15, 0.2) is 71.3 Å². The SMILES string of the molecule is CN1CC(Br)=CN(C(c2ccccc2)c2ccccc2)C1. The summed E-state index contributed by atoms with van der Waals surface area (Å²) in [6.07, 6.45) is 2.23. The van der Waals surface area contributed by atoms with Crippen LogP contribution in [0.25, 0.3) is 0 Å². The van der Waals surface area contributed by atoms with Crippen molar-refractivity contribution in [2.75, 3.05) is 20.3 Å². The Morgan fingerprint density at radius 3 is 1.90 bits per heavy atom. The smallest absolute Gasteiger partial charge is 0.0803 e. The summed E-state index contributed by atoms with van der Waals surface area (Å²) in [4.78, 5) is 4.70. The summed E-state index contributed by atoms with van der Waals surface area (Å²) < 4.78 is 1.22. The largest absolute Gasteiger partial charge is 0.353 e. The van der Waals surface area contributed by atoms with Crippen LogP contribution in [-0.2, 0) is 0 Å². The van der Waals surface area contributed by atoms with Crippen LogP contribution < -0.4 is 0 Å². The maximum Gasteiger partial charge on any atom is 0.0803 e. The highest BCUT2D eigenvalue weighted by Crippen LogP contribution is 2.31. The topological polar surface area (TPSA) is 6.48 Å². The van der Waals surface area contributed by atoms with Gasteiger partial charge in [0, 0.05) is 17.2 Å². The lowest BCUT2D eigenvalue weighted by Crippen LogP contribution is -2.39. The van der Waals surface area contributed by atoms with Gasteiger partial charge in [0.15, 0.2) is 0 Å². The quantitative estimate of drug-likeness (QED) is 0.823. The molecule has 0 saturated carbocycles. The highest BCUT2D eigenvalue weighted by molar-refractivity contribution is 9.11. The first kappa shape index (κ1) is 14.4.